The van der Waals surface area contributed by atoms with E-state index in [4.69, 9.17) is 4.74 Å². The average molecular weight is 295 g/mol. The minimum atomic E-state index is 0.646. The van der Waals surface area contributed by atoms with E-state index in [2.05, 4.69) is 34.6 Å². The molecule has 1 aromatic rings. The van der Waals surface area contributed by atoms with Gasteiger partial charge in [-0.25, -0.2) is 0 Å². The molecule has 2 rings (SSSR count). The predicted molar refractivity (Wildman–Crippen MR) is 75.5 cm³/mol. The number of hydrogen-bond donors (Lipinski definition) is 0. The Balaban J connectivity index is 2.14. The zero-order chi connectivity index (χ0) is 12.3. The molecule has 0 saturated heterocycles. The molecule has 0 spiro atoms. The highest BCUT2D eigenvalue weighted by atomic mass is 79.9. The van der Waals surface area contributed by atoms with Gasteiger partial charge < -0.3 is 4.74 Å². The predicted octanol–water partition coefficient (Wildman–Crippen LogP) is 4.75. The van der Waals surface area contributed by atoms with Crippen molar-refractivity contribution in [1.82, 2.24) is 0 Å². The van der Waals surface area contributed by atoms with Gasteiger partial charge in [0.25, 0.3) is 0 Å². The molecule has 1 nitrogen and oxygen atoms in total. The Hall–Kier alpha value is -0.760. The van der Waals surface area contributed by atoms with Gasteiger partial charge in [-0.05, 0) is 55.4 Å². The van der Waals surface area contributed by atoms with Crippen LogP contribution < -0.4 is 4.74 Å². The summed E-state index contributed by atoms with van der Waals surface area (Å²) in [4.78, 5) is 0. The molecule has 1 aromatic carbocycles. The Labute approximate surface area is 112 Å². The normalized spacial score (nSPS) is 20.4. The van der Waals surface area contributed by atoms with E-state index in [0.717, 1.165) is 12.2 Å². The molecular formula is C15H19BrO. The number of hydrogen-bond acceptors (Lipinski definition) is 1. The van der Waals surface area contributed by atoms with E-state index in [9.17, 15) is 0 Å². The van der Waals surface area contributed by atoms with E-state index in [1.165, 1.54) is 41.3 Å². The molecule has 1 atom stereocenters. The Morgan fingerprint density at radius 3 is 2.94 bits per heavy atom. The van der Waals surface area contributed by atoms with Gasteiger partial charge in [-0.2, -0.15) is 0 Å². The van der Waals surface area contributed by atoms with E-state index < -0.39 is 0 Å². The zero-order valence-electron chi connectivity index (χ0n) is 10.3. The maximum absolute atomic E-state index is 5.28. The van der Waals surface area contributed by atoms with Crippen molar-refractivity contribution in [2.24, 2.45) is 5.92 Å². The van der Waals surface area contributed by atoms with Crippen molar-refractivity contribution in [3.63, 3.8) is 0 Å². The van der Waals surface area contributed by atoms with Gasteiger partial charge in [-0.15, -0.1) is 0 Å². The molecule has 0 N–H and O–H groups in total. The number of rotatable bonds is 3. The molecule has 0 aromatic heterocycles. The molecule has 2 heteroatoms. The molecule has 0 amide bonds. The highest BCUT2D eigenvalue weighted by Gasteiger charge is 2.18. The van der Waals surface area contributed by atoms with E-state index in [1.807, 2.05) is 6.07 Å². The van der Waals surface area contributed by atoms with Crippen molar-refractivity contribution in [2.75, 3.05) is 7.11 Å². The minimum Gasteiger partial charge on any atom is -0.497 e. The Morgan fingerprint density at radius 2 is 2.24 bits per heavy atom. The first-order chi connectivity index (χ1) is 8.20. The van der Waals surface area contributed by atoms with Gasteiger partial charge in [0.2, 0.25) is 0 Å². The van der Waals surface area contributed by atoms with Gasteiger partial charge in [-0.1, -0.05) is 34.5 Å². The molecule has 1 fully saturated rings. The number of methoxy groups -OCH3 is 1. The molecule has 0 bridgehead atoms. The maximum Gasteiger partial charge on any atom is 0.119 e. The summed E-state index contributed by atoms with van der Waals surface area (Å²) in [7, 11) is 1.71. The molecule has 1 aliphatic carbocycles. The molecule has 1 aliphatic rings. The molecule has 1 unspecified atom stereocenters. The second-order valence-electron chi connectivity index (χ2n) is 4.76. The second kappa shape index (κ2) is 5.72. The molecule has 92 valence electrons. The third-order valence-corrected chi connectivity index (χ3v) is 4.37. The lowest BCUT2D eigenvalue weighted by molar-refractivity contribution is 0.412. The topological polar surface area (TPSA) is 9.23 Å². The minimum absolute atomic E-state index is 0.646. The Bertz CT molecular complexity index is 411. The fraction of sp³-hybridized carbons (Fsp3) is 0.467. The number of halogens is 1. The summed E-state index contributed by atoms with van der Waals surface area (Å²) in [6.45, 7) is 4.22. The highest BCUT2D eigenvalue weighted by Crippen LogP contribution is 2.33. The van der Waals surface area contributed by atoms with Gasteiger partial charge in [0.05, 0.1) is 7.11 Å². The van der Waals surface area contributed by atoms with Crippen LogP contribution in [-0.2, 0) is 6.42 Å². The van der Waals surface area contributed by atoms with Crippen LogP contribution in [0.5, 0.6) is 5.75 Å². The first-order valence-corrected chi connectivity index (χ1v) is 7.00. The van der Waals surface area contributed by atoms with Crippen LogP contribution in [0.25, 0.3) is 0 Å². The summed E-state index contributed by atoms with van der Waals surface area (Å²) in [5.41, 5.74) is 2.75. The van der Waals surface area contributed by atoms with Crippen LogP contribution in [0.2, 0.25) is 0 Å². The van der Waals surface area contributed by atoms with Gasteiger partial charge in [-0.3, -0.25) is 0 Å². The number of allylic oxidation sites excluding steroid dienone is 1. The standard InChI is InChI=1S/C15H19BrO/c1-11-5-3-4-6-12(11)9-13-10-14(17-2)7-8-15(13)16/h7-8,10,12H,1,3-6,9H2,2H3. The summed E-state index contributed by atoms with van der Waals surface area (Å²) in [5, 5.41) is 0. The second-order valence-corrected chi connectivity index (χ2v) is 5.62. The van der Waals surface area contributed by atoms with Crippen molar-refractivity contribution in [1.29, 1.82) is 0 Å². The van der Waals surface area contributed by atoms with E-state index in [-0.39, 0.29) is 0 Å². The van der Waals surface area contributed by atoms with Crippen LogP contribution in [0.3, 0.4) is 0 Å². The zero-order valence-corrected chi connectivity index (χ0v) is 11.9. The lowest BCUT2D eigenvalue weighted by Gasteiger charge is -2.25. The number of benzene rings is 1. The van der Waals surface area contributed by atoms with Gasteiger partial charge in [0.1, 0.15) is 5.75 Å². The molecule has 0 heterocycles. The Morgan fingerprint density at radius 1 is 1.41 bits per heavy atom. The average Bonchev–Trinajstić information content (AvgIpc) is 2.35. The van der Waals surface area contributed by atoms with Crippen LogP contribution in [0.15, 0.2) is 34.8 Å². The Kier molecular flexibility index (Phi) is 4.27. The first kappa shape index (κ1) is 12.7. The highest BCUT2D eigenvalue weighted by molar-refractivity contribution is 9.10. The molecule has 17 heavy (non-hydrogen) atoms. The summed E-state index contributed by atoms with van der Waals surface area (Å²) >= 11 is 3.62. The van der Waals surface area contributed by atoms with Crippen LogP contribution in [0.4, 0.5) is 0 Å². The summed E-state index contributed by atoms with van der Waals surface area (Å²) in [6.07, 6.45) is 6.21. The summed E-state index contributed by atoms with van der Waals surface area (Å²) in [6, 6.07) is 6.19. The van der Waals surface area contributed by atoms with Gasteiger partial charge in [0.15, 0.2) is 0 Å². The fourth-order valence-corrected chi connectivity index (χ4v) is 2.91. The van der Waals surface area contributed by atoms with Crippen LogP contribution in [-0.4, -0.2) is 7.11 Å². The van der Waals surface area contributed by atoms with Crippen molar-refractivity contribution in [3.05, 3.63) is 40.4 Å². The van der Waals surface area contributed by atoms with E-state index in [1.54, 1.807) is 7.11 Å². The van der Waals surface area contributed by atoms with Crippen LogP contribution in [0, 0.1) is 5.92 Å². The van der Waals surface area contributed by atoms with Crippen molar-refractivity contribution < 1.29 is 4.74 Å². The van der Waals surface area contributed by atoms with Crippen molar-refractivity contribution in [2.45, 2.75) is 32.1 Å². The molecule has 1 saturated carbocycles. The van der Waals surface area contributed by atoms with Gasteiger partial charge >= 0.3 is 0 Å². The maximum atomic E-state index is 5.28. The third-order valence-electron chi connectivity index (χ3n) is 3.60. The molecule has 0 aliphatic heterocycles. The van der Waals surface area contributed by atoms with Crippen LogP contribution in [0.1, 0.15) is 31.2 Å². The van der Waals surface area contributed by atoms with E-state index >= 15 is 0 Å². The summed E-state index contributed by atoms with van der Waals surface area (Å²) in [5.74, 6) is 1.58. The largest absolute Gasteiger partial charge is 0.497 e. The quantitative estimate of drug-likeness (QED) is 0.731. The smallest absolute Gasteiger partial charge is 0.119 e. The SMILES string of the molecule is C=C1CCCCC1Cc1cc(OC)ccc1Br. The molecular weight excluding hydrogens is 276 g/mol. The lowest BCUT2D eigenvalue weighted by atomic mass is 9.81. The van der Waals surface area contributed by atoms with Crippen molar-refractivity contribution in [3.8, 4) is 5.75 Å². The first-order valence-electron chi connectivity index (χ1n) is 6.21. The van der Waals surface area contributed by atoms with Crippen LogP contribution >= 0.6 is 15.9 Å². The van der Waals surface area contributed by atoms with E-state index in [0.29, 0.717) is 5.92 Å². The van der Waals surface area contributed by atoms with Crippen molar-refractivity contribution >= 4 is 15.9 Å². The lowest BCUT2D eigenvalue weighted by Crippen LogP contribution is -2.12. The fourth-order valence-electron chi connectivity index (χ4n) is 2.50. The number of ether oxygens (including phenoxy) is 1. The third kappa shape index (κ3) is 3.12. The summed E-state index contributed by atoms with van der Waals surface area (Å²) < 4.78 is 6.46. The molecule has 0 radical (unpaired) electrons. The monoisotopic (exact) mass is 294 g/mol. The van der Waals surface area contributed by atoms with Gasteiger partial charge in [0, 0.05) is 4.47 Å².